The first-order valence-corrected chi connectivity index (χ1v) is 16.9. The Labute approximate surface area is 233 Å². The highest BCUT2D eigenvalue weighted by Crippen LogP contribution is 2.64. The summed E-state index contributed by atoms with van der Waals surface area (Å²) in [5, 5.41) is -1.95. The van der Waals surface area contributed by atoms with Gasteiger partial charge < -0.3 is 46.7 Å². The fourth-order valence-corrected chi connectivity index (χ4v) is 14.8. The van der Waals surface area contributed by atoms with Gasteiger partial charge in [0.15, 0.2) is 12.6 Å². The maximum absolute atomic E-state index is 7.19. The van der Waals surface area contributed by atoms with E-state index in [4.69, 9.17) is 46.7 Å². The van der Waals surface area contributed by atoms with Crippen LogP contribution in [0, 0.1) is 0 Å². The molecule has 6 heterocycles. The van der Waals surface area contributed by atoms with E-state index in [1.165, 1.54) is 0 Å². The number of methoxy groups -OCH3 is 2. The Bertz CT molecular complexity index is 768. The number of ether oxygens (including phenoxy) is 8. The van der Waals surface area contributed by atoms with Crippen LogP contribution in [0.4, 0.5) is 0 Å². The molecule has 0 spiro atoms. The van der Waals surface area contributed by atoms with Crippen LogP contribution in [0.3, 0.4) is 0 Å². The molecule has 224 valence electrons. The van der Waals surface area contributed by atoms with Gasteiger partial charge >= 0.3 is 8.56 Å². The van der Waals surface area contributed by atoms with E-state index in [2.05, 4.69) is 0 Å². The quantitative estimate of drug-likeness (QED) is 0.363. The number of rotatable bonds is 10. The van der Waals surface area contributed by atoms with Crippen molar-refractivity contribution in [3.63, 3.8) is 0 Å². The van der Waals surface area contributed by atoms with Crippen LogP contribution >= 0.6 is 0 Å². The molecule has 0 bridgehead atoms. The first kappa shape index (κ1) is 28.9. The normalized spacial score (nSPS) is 47.1. The number of hydrogen-bond donors (Lipinski definition) is 0. The van der Waals surface area contributed by atoms with E-state index >= 15 is 0 Å². The molecule has 6 saturated heterocycles. The summed E-state index contributed by atoms with van der Waals surface area (Å²) in [7, 11) is 3.22. The predicted octanol–water partition coefficient (Wildman–Crippen LogP) is 3.30. The molecule has 0 radical (unpaired) electrons. The predicted molar refractivity (Wildman–Crippen MR) is 141 cm³/mol. The average Bonchev–Trinajstić information content (AvgIpc) is 3.81. The smallest absolute Gasteiger partial charge is 0.394 e. The molecule has 0 N–H and O–H groups in total. The minimum atomic E-state index is -3.72. The van der Waals surface area contributed by atoms with E-state index < -0.39 is 42.8 Å². The molecule has 0 aromatic rings. The van der Waals surface area contributed by atoms with Gasteiger partial charge in [0.1, 0.15) is 21.7 Å². The highest BCUT2D eigenvalue weighted by Gasteiger charge is 2.87. The van der Waals surface area contributed by atoms with Gasteiger partial charge in [-0.1, -0.05) is 0 Å². The first-order chi connectivity index (χ1) is 19.0. The topological polar surface area (TPSA) is 92.3 Å². The van der Waals surface area contributed by atoms with Gasteiger partial charge in [-0.25, -0.2) is 0 Å². The van der Waals surface area contributed by atoms with Crippen LogP contribution in [0.2, 0.25) is 0 Å². The molecule has 6 fully saturated rings. The Kier molecular flexibility index (Phi) is 8.26. The zero-order valence-corrected chi connectivity index (χ0v) is 25.2. The molecule has 8 unspecified atom stereocenters. The summed E-state index contributed by atoms with van der Waals surface area (Å²) in [6, 6.07) is 0. The molecule has 6 aliphatic heterocycles. The lowest BCUT2D eigenvalue weighted by Crippen LogP contribution is -2.88. The lowest BCUT2D eigenvalue weighted by atomic mass is 9.82. The van der Waals surface area contributed by atoms with Gasteiger partial charge in [0.2, 0.25) is 0 Å². The molecular formula is C28H48O10Si. The van der Waals surface area contributed by atoms with Crippen molar-refractivity contribution >= 4 is 8.56 Å². The summed E-state index contributed by atoms with van der Waals surface area (Å²) in [6.45, 7) is 2.71. The number of hydrogen-bond acceptors (Lipinski definition) is 10. The molecule has 8 atom stereocenters. The van der Waals surface area contributed by atoms with Crippen molar-refractivity contribution < 1.29 is 46.7 Å². The van der Waals surface area contributed by atoms with Crippen LogP contribution < -0.4 is 0 Å². The largest absolute Gasteiger partial charge is 0.410 e. The molecule has 10 nitrogen and oxygen atoms in total. The summed E-state index contributed by atoms with van der Waals surface area (Å²) < 4.78 is 66.7. The van der Waals surface area contributed by atoms with Gasteiger partial charge in [-0.15, -0.1) is 0 Å². The van der Waals surface area contributed by atoms with Crippen LogP contribution in [0.5, 0.6) is 0 Å². The Morgan fingerprint density at radius 1 is 0.564 bits per heavy atom. The van der Waals surface area contributed by atoms with E-state index in [0.717, 1.165) is 51.4 Å². The van der Waals surface area contributed by atoms with Crippen LogP contribution in [0.1, 0.15) is 77.0 Å². The van der Waals surface area contributed by atoms with Crippen LogP contribution in [-0.4, -0.2) is 110 Å². The molecule has 6 aliphatic rings. The van der Waals surface area contributed by atoms with Crippen LogP contribution in [0.25, 0.3) is 0 Å². The SMILES string of the molecule is COC1CCC(C2(C3CCCO3)CCCO2)([Si](OC)(OC)C2(C3(C4CCCO4)CCCO3)CCC(OC)O2)O1. The van der Waals surface area contributed by atoms with Gasteiger partial charge in [0, 0.05) is 67.7 Å². The van der Waals surface area contributed by atoms with E-state index in [-0.39, 0.29) is 12.2 Å². The first-order valence-electron chi connectivity index (χ1n) is 15.1. The third-order valence-corrected chi connectivity index (χ3v) is 15.5. The third kappa shape index (κ3) is 3.88. The van der Waals surface area contributed by atoms with Gasteiger partial charge in [-0.3, -0.25) is 0 Å². The molecule has 0 saturated carbocycles. The van der Waals surface area contributed by atoms with Crippen LogP contribution in [-0.2, 0) is 46.7 Å². The fourth-order valence-electron chi connectivity index (χ4n) is 9.27. The van der Waals surface area contributed by atoms with Gasteiger partial charge in [-0.2, -0.15) is 0 Å². The third-order valence-electron chi connectivity index (χ3n) is 10.7. The Hall–Kier alpha value is -0.183. The molecule has 0 aromatic heterocycles. The maximum atomic E-state index is 7.19. The van der Waals surface area contributed by atoms with Crippen molar-refractivity contribution in [2.24, 2.45) is 0 Å². The molecule has 0 amide bonds. The second-order valence-corrected chi connectivity index (χ2v) is 15.7. The fraction of sp³-hybridized carbons (Fsp3) is 1.00. The molecule has 0 aliphatic carbocycles. The standard InChI is InChI=1S/C28H48O10Si/c1-29-23-11-15-27(37-23,25(13-7-19-35-25)21-9-5-17-33-21)39(31-3,32-4)28(16-12-24(30-2)38-28)26(14-8-20-36-26)22-10-6-18-34-22/h21-24H,5-20H2,1-4H3. The van der Waals surface area contributed by atoms with Crippen molar-refractivity contribution in [1.82, 2.24) is 0 Å². The summed E-state index contributed by atoms with van der Waals surface area (Å²) in [6.07, 6.45) is 8.86. The minimum absolute atomic E-state index is 0.132. The molecule has 11 heteroatoms. The van der Waals surface area contributed by atoms with E-state index in [1.807, 2.05) is 0 Å². The van der Waals surface area contributed by atoms with Gasteiger partial charge in [-0.05, 0) is 64.2 Å². The molecular weight excluding hydrogens is 524 g/mol. The molecule has 0 aromatic carbocycles. The Balaban J connectivity index is 1.59. The van der Waals surface area contributed by atoms with Gasteiger partial charge in [0.05, 0.1) is 12.2 Å². The lowest BCUT2D eigenvalue weighted by molar-refractivity contribution is -0.266. The van der Waals surface area contributed by atoms with Crippen molar-refractivity contribution in [3.8, 4) is 0 Å². The zero-order chi connectivity index (χ0) is 27.2. The Morgan fingerprint density at radius 2 is 1.03 bits per heavy atom. The zero-order valence-electron chi connectivity index (χ0n) is 24.2. The highest BCUT2D eigenvalue weighted by atomic mass is 28.4. The summed E-state index contributed by atoms with van der Waals surface area (Å²) in [5.41, 5.74) is -1.51. The molecule has 6 rings (SSSR count). The van der Waals surface area contributed by atoms with Gasteiger partial charge in [0.25, 0.3) is 0 Å². The second kappa shape index (κ2) is 11.1. The van der Waals surface area contributed by atoms with Crippen LogP contribution in [0.15, 0.2) is 0 Å². The lowest BCUT2D eigenvalue weighted by Gasteiger charge is -2.62. The van der Waals surface area contributed by atoms with E-state index in [9.17, 15) is 0 Å². The van der Waals surface area contributed by atoms with Crippen molar-refractivity contribution in [3.05, 3.63) is 0 Å². The minimum Gasteiger partial charge on any atom is -0.394 e. The van der Waals surface area contributed by atoms with Crippen molar-refractivity contribution in [1.29, 1.82) is 0 Å². The van der Waals surface area contributed by atoms with E-state index in [0.29, 0.717) is 52.1 Å². The molecule has 39 heavy (non-hydrogen) atoms. The summed E-state index contributed by atoms with van der Waals surface area (Å²) >= 11 is 0. The maximum Gasteiger partial charge on any atom is 0.410 e. The van der Waals surface area contributed by atoms with Crippen molar-refractivity contribution in [2.45, 2.75) is 123 Å². The Morgan fingerprint density at radius 3 is 1.31 bits per heavy atom. The highest BCUT2D eigenvalue weighted by molar-refractivity contribution is 6.74. The summed E-state index contributed by atoms with van der Waals surface area (Å²) in [4.78, 5) is 0. The summed E-state index contributed by atoms with van der Waals surface area (Å²) in [5.74, 6) is 0. The second-order valence-electron chi connectivity index (χ2n) is 12.0. The average molecular weight is 573 g/mol. The monoisotopic (exact) mass is 572 g/mol. The van der Waals surface area contributed by atoms with Crippen molar-refractivity contribution in [2.75, 3.05) is 54.9 Å². The van der Waals surface area contributed by atoms with E-state index in [1.54, 1.807) is 28.4 Å².